The topological polar surface area (TPSA) is 56.5 Å². The van der Waals surface area contributed by atoms with E-state index in [0.717, 1.165) is 5.69 Å². The van der Waals surface area contributed by atoms with E-state index < -0.39 is 6.09 Å². The molecule has 0 spiro atoms. The van der Waals surface area contributed by atoms with Gasteiger partial charge in [-0.05, 0) is 35.9 Å². The van der Waals surface area contributed by atoms with Crippen LogP contribution in [0.1, 0.15) is 5.56 Å². The molecule has 1 heterocycles. The van der Waals surface area contributed by atoms with Crippen LogP contribution in [0.3, 0.4) is 0 Å². The molecule has 3 rings (SSSR count). The highest BCUT2D eigenvalue weighted by Crippen LogP contribution is 2.05. The molecular weight excluding hydrogens is 309 g/mol. The van der Waals surface area contributed by atoms with E-state index >= 15 is 0 Å². The van der Waals surface area contributed by atoms with Crippen molar-refractivity contribution in [2.24, 2.45) is 4.99 Å². The van der Waals surface area contributed by atoms with Gasteiger partial charge in [-0.3, -0.25) is 0 Å². The van der Waals surface area contributed by atoms with E-state index in [4.69, 9.17) is 4.74 Å². The molecule has 120 valence electrons. The van der Waals surface area contributed by atoms with Crippen molar-refractivity contribution in [3.05, 3.63) is 89.8 Å². The maximum absolute atomic E-state index is 12.8. The normalized spacial score (nSPS) is 11.3. The molecule has 0 fully saturated rings. The van der Waals surface area contributed by atoms with Crippen LogP contribution in [-0.2, 0) is 11.3 Å². The largest absolute Gasteiger partial charge is 0.443 e. The number of benzene rings is 2. The van der Waals surface area contributed by atoms with Gasteiger partial charge in [0.1, 0.15) is 12.4 Å². The van der Waals surface area contributed by atoms with E-state index in [1.165, 1.54) is 18.3 Å². The zero-order chi connectivity index (χ0) is 16.8. The van der Waals surface area contributed by atoms with E-state index in [2.05, 4.69) is 10.1 Å². The number of amides is 1. The average Bonchev–Trinajstić information content (AvgIpc) is 2.63. The number of rotatable bonds is 3. The van der Waals surface area contributed by atoms with Crippen LogP contribution >= 0.6 is 0 Å². The first-order valence-corrected chi connectivity index (χ1v) is 7.27. The fraction of sp³-hybridized carbons (Fsp3) is 0.0556. The minimum absolute atomic E-state index is 0.0346. The van der Waals surface area contributed by atoms with Gasteiger partial charge in [0.15, 0.2) is 0 Å². The molecule has 0 aliphatic carbocycles. The highest BCUT2D eigenvalue weighted by molar-refractivity contribution is 5.68. The predicted molar refractivity (Wildman–Crippen MR) is 85.7 cm³/mol. The number of hydrogen-bond acceptors (Lipinski definition) is 3. The van der Waals surface area contributed by atoms with Crippen molar-refractivity contribution < 1.29 is 13.9 Å². The molecule has 1 aromatic heterocycles. The molecule has 0 aliphatic rings. The Labute approximate surface area is 137 Å². The number of carbonyl (C=O) groups is 1. The van der Waals surface area contributed by atoms with Crippen LogP contribution in [0.25, 0.3) is 5.69 Å². The lowest BCUT2D eigenvalue weighted by Gasteiger charge is -2.03. The van der Waals surface area contributed by atoms with Crippen molar-refractivity contribution >= 4 is 6.09 Å². The molecular formula is C18H14FN3O2. The number of aromatic nitrogens is 2. The van der Waals surface area contributed by atoms with Crippen molar-refractivity contribution in [2.45, 2.75) is 6.61 Å². The summed E-state index contributed by atoms with van der Waals surface area (Å²) in [6, 6.07) is 17.0. The second kappa shape index (κ2) is 7.32. The van der Waals surface area contributed by atoms with Gasteiger partial charge in [-0.15, -0.1) is 0 Å². The maximum Gasteiger partial charge on any atom is 0.434 e. The Morgan fingerprint density at radius 2 is 1.83 bits per heavy atom. The summed E-state index contributed by atoms with van der Waals surface area (Å²) in [5.74, 6) is -0.336. The summed E-state index contributed by atoms with van der Waals surface area (Å²) in [5, 5.41) is 4.60. The lowest BCUT2D eigenvalue weighted by Crippen LogP contribution is -2.12. The summed E-state index contributed by atoms with van der Waals surface area (Å²) >= 11 is 0. The monoisotopic (exact) mass is 323 g/mol. The average molecular weight is 323 g/mol. The molecule has 0 aliphatic heterocycles. The summed E-state index contributed by atoms with van der Waals surface area (Å²) in [6.45, 7) is 0.0346. The third kappa shape index (κ3) is 4.13. The van der Waals surface area contributed by atoms with Crippen molar-refractivity contribution in [1.82, 2.24) is 9.78 Å². The first-order chi connectivity index (χ1) is 11.7. The molecule has 1 amide bonds. The Bertz CT molecular complexity index is 870. The van der Waals surface area contributed by atoms with Gasteiger partial charge in [-0.1, -0.05) is 30.3 Å². The van der Waals surface area contributed by atoms with Crippen LogP contribution in [0.15, 0.2) is 78.0 Å². The second-order valence-corrected chi connectivity index (χ2v) is 4.96. The lowest BCUT2D eigenvalue weighted by atomic mass is 10.2. The number of halogens is 1. The zero-order valence-corrected chi connectivity index (χ0v) is 12.7. The van der Waals surface area contributed by atoms with Crippen molar-refractivity contribution in [3.8, 4) is 5.69 Å². The van der Waals surface area contributed by atoms with Crippen LogP contribution in [-0.4, -0.2) is 15.9 Å². The second-order valence-electron chi connectivity index (χ2n) is 4.96. The number of carbonyl (C=O) groups excluding carboxylic acids is 1. The third-order valence-corrected chi connectivity index (χ3v) is 3.22. The summed E-state index contributed by atoms with van der Waals surface area (Å²) in [4.78, 5) is 15.5. The Balaban J connectivity index is 1.65. The summed E-state index contributed by atoms with van der Waals surface area (Å²) in [6.07, 6.45) is 2.46. The highest BCUT2D eigenvalue weighted by Gasteiger charge is 2.01. The molecule has 5 nitrogen and oxygen atoms in total. The number of nitrogens with zero attached hydrogens (tertiary/aromatic N) is 3. The van der Waals surface area contributed by atoms with E-state index in [-0.39, 0.29) is 12.4 Å². The predicted octanol–water partition coefficient (Wildman–Crippen LogP) is 3.25. The standard InChI is InChI=1S/C18H14FN3O2/c19-15-8-6-14(7-9-15)13-24-18(23)21-16-10-11-22(20-12-16)17-4-2-1-3-5-17/h1-12H,13H2. The highest BCUT2D eigenvalue weighted by atomic mass is 19.1. The van der Waals surface area contributed by atoms with Gasteiger partial charge < -0.3 is 4.74 Å². The van der Waals surface area contributed by atoms with Gasteiger partial charge in [0, 0.05) is 6.20 Å². The molecule has 2 aromatic carbocycles. The number of ether oxygens (including phenoxy) is 1. The maximum atomic E-state index is 12.8. The fourth-order valence-electron chi connectivity index (χ4n) is 2.01. The Kier molecular flexibility index (Phi) is 4.76. The van der Waals surface area contributed by atoms with Gasteiger partial charge in [-0.25, -0.2) is 13.9 Å². The fourth-order valence-corrected chi connectivity index (χ4v) is 2.01. The van der Waals surface area contributed by atoms with Gasteiger partial charge in [0.25, 0.3) is 0 Å². The van der Waals surface area contributed by atoms with E-state index in [0.29, 0.717) is 10.9 Å². The van der Waals surface area contributed by atoms with Crippen molar-refractivity contribution in [2.75, 3.05) is 0 Å². The van der Waals surface area contributed by atoms with Crippen LogP contribution in [0, 0.1) is 5.82 Å². The first kappa shape index (κ1) is 15.6. The Morgan fingerprint density at radius 3 is 2.50 bits per heavy atom. The van der Waals surface area contributed by atoms with Crippen molar-refractivity contribution in [3.63, 3.8) is 0 Å². The summed E-state index contributed by atoms with van der Waals surface area (Å²) in [5.41, 5.74) is 1.59. The van der Waals surface area contributed by atoms with Gasteiger partial charge >= 0.3 is 6.09 Å². The van der Waals surface area contributed by atoms with Crippen LogP contribution in [0.4, 0.5) is 9.18 Å². The molecule has 0 atom stereocenters. The van der Waals surface area contributed by atoms with E-state index in [1.54, 1.807) is 29.1 Å². The summed E-state index contributed by atoms with van der Waals surface area (Å²) in [7, 11) is 0. The lowest BCUT2D eigenvalue weighted by molar-refractivity contribution is 0.150. The molecule has 3 aromatic rings. The molecule has 0 bridgehead atoms. The number of hydrogen-bond donors (Lipinski definition) is 0. The first-order valence-electron chi connectivity index (χ1n) is 7.27. The minimum atomic E-state index is -0.724. The SMILES string of the molecule is O=C(N=c1ccn(-c2ccccc2)nc1)OCc1ccc(F)cc1. The minimum Gasteiger partial charge on any atom is -0.443 e. The molecule has 0 N–H and O–H groups in total. The van der Waals surface area contributed by atoms with Crippen LogP contribution < -0.4 is 5.36 Å². The molecule has 0 radical (unpaired) electrons. The molecule has 0 saturated heterocycles. The molecule has 6 heteroatoms. The van der Waals surface area contributed by atoms with Gasteiger partial charge in [-0.2, -0.15) is 10.1 Å². The zero-order valence-electron chi connectivity index (χ0n) is 12.7. The van der Waals surface area contributed by atoms with Gasteiger partial charge in [0.05, 0.1) is 17.2 Å². The van der Waals surface area contributed by atoms with Crippen molar-refractivity contribution in [1.29, 1.82) is 0 Å². The molecule has 24 heavy (non-hydrogen) atoms. The molecule has 0 saturated carbocycles. The van der Waals surface area contributed by atoms with E-state index in [1.807, 2.05) is 30.3 Å². The van der Waals surface area contributed by atoms with Gasteiger partial charge in [0.2, 0.25) is 0 Å². The molecule has 0 unspecified atom stereocenters. The third-order valence-electron chi connectivity index (χ3n) is 3.22. The number of para-hydroxylation sites is 1. The van der Waals surface area contributed by atoms with Crippen LogP contribution in [0.2, 0.25) is 0 Å². The summed E-state index contributed by atoms with van der Waals surface area (Å²) < 4.78 is 19.5. The smallest absolute Gasteiger partial charge is 0.434 e. The van der Waals surface area contributed by atoms with Crippen LogP contribution in [0.5, 0.6) is 0 Å². The quantitative estimate of drug-likeness (QED) is 0.743. The Hall–Kier alpha value is -3.28. The van der Waals surface area contributed by atoms with E-state index in [9.17, 15) is 9.18 Å². The Morgan fingerprint density at radius 1 is 1.08 bits per heavy atom.